The van der Waals surface area contributed by atoms with E-state index in [1.807, 2.05) is 0 Å². The number of rotatable bonds is 6. The highest BCUT2D eigenvalue weighted by molar-refractivity contribution is 5.96. The average molecular weight is 294 g/mol. The second kappa shape index (κ2) is 6.83. The first kappa shape index (κ1) is 16.6. The fourth-order valence-electron chi connectivity index (χ4n) is 2.01. The molecule has 0 aliphatic rings. The molecule has 1 atom stereocenters. The number of aryl methyl sites for hydroxylation is 2. The Bertz CT molecular complexity index is 583. The lowest BCUT2D eigenvalue weighted by Crippen LogP contribution is -2.29. The van der Waals surface area contributed by atoms with Gasteiger partial charge in [-0.15, -0.1) is 0 Å². The molecule has 2 N–H and O–H groups in total. The van der Waals surface area contributed by atoms with Gasteiger partial charge in [0, 0.05) is 30.2 Å². The highest BCUT2D eigenvalue weighted by Crippen LogP contribution is 2.22. The molecule has 0 heterocycles. The van der Waals surface area contributed by atoms with Crippen molar-refractivity contribution in [2.75, 3.05) is 6.54 Å². The Morgan fingerprint density at radius 1 is 1.33 bits per heavy atom. The molecule has 0 fully saturated rings. The first-order valence-electron chi connectivity index (χ1n) is 6.48. The largest absolute Gasteiger partial charge is 0.481 e. The lowest BCUT2D eigenvalue weighted by Gasteiger charge is -2.12. The minimum absolute atomic E-state index is 0.0483. The van der Waals surface area contributed by atoms with Crippen molar-refractivity contribution in [1.29, 1.82) is 0 Å². The third kappa shape index (κ3) is 4.55. The molecular weight excluding hydrogens is 276 g/mol. The van der Waals surface area contributed by atoms with Crippen LogP contribution >= 0.6 is 0 Å². The molecular formula is C14H18N2O5. The van der Waals surface area contributed by atoms with E-state index in [1.54, 1.807) is 26.8 Å². The number of aliphatic carboxylic acids is 1. The van der Waals surface area contributed by atoms with E-state index in [9.17, 15) is 19.7 Å². The Balaban J connectivity index is 2.85. The van der Waals surface area contributed by atoms with Crippen molar-refractivity contribution in [3.63, 3.8) is 0 Å². The second-order valence-electron chi connectivity index (χ2n) is 5.12. The minimum Gasteiger partial charge on any atom is -0.481 e. The van der Waals surface area contributed by atoms with Crippen LogP contribution in [-0.4, -0.2) is 28.5 Å². The standard InChI is InChI=1S/C14H18N2O5/c1-8(4-13(17)18)7-15-14(19)11-6-12(16(20)21)10(3)5-9(11)2/h5-6,8H,4,7H2,1-3H3,(H,15,19)(H,17,18). The molecule has 1 amide bonds. The van der Waals surface area contributed by atoms with Crippen LogP contribution in [0, 0.1) is 29.9 Å². The molecule has 21 heavy (non-hydrogen) atoms. The van der Waals surface area contributed by atoms with E-state index in [2.05, 4.69) is 5.32 Å². The zero-order chi connectivity index (χ0) is 16.2. The summed E-state index contributed by atoms with van der Waals surface area (Å²) in [7, 11) is 0. The van der Waals surface area contributed by atoms with Crippen LogP contribution in [0.15, 0.2) is 12.1 Å². The van der Waals surface area contributed by atoms with Gasteiger partial charge in [-0.3, -0.25) is 19.7 Å². The maximum atomic E-state index is 12.1. The summed E-state index contributed by atoms with van der Waals surface area (Å²) in [4.78, 5) is 33.0. The van der Waals surface area contributed by atoms with E-state index < -0.39 is 16.8 Å². The topological polar surface area (TPSA) is 110 Å². The number of carbonyl (C=O) groups excluding carboxylic acids is 1. The molecule has 7 heteroatoms. The van der Waals surface area contributed by atoms with E-state index in [1.165, 1.54) is 6.07 Å². The number of amides is 1. The highest BCUT2D eigenvalue weighted by atomic mass is 16.6. The van der Waals surface area contributed by atoms with E-state index in [0.717, 1.165) is 0 Å². The number of carboxylic acid groups (broad SMARTS) is 1. The zero-order valence-electron chi connectivity index (χ0n) is 12.2. The fourth-order valence-corrected chi connectivity index (χ4v) is 2.01. The quantitative estimate of drug-likeness (QED) is 0.616. The molecule has 7 nitrogen and oxygen atoms in total. The molecule has 1 unspecified atom stereocenters. The van der Waals surface area contributed by atoms with Gasteiger partial charge in [0.25, 0.3) is 11.6 Å². The predicted octanol–water partition coefficient (Wildman–Crippen LogP) is 2.05. The molecule has 0 aromatic heterocycles. The van der Waals surface area contributed by atoms with Crippen LogP contribution in [-0.2, 0) is 4.79 Å². The van der Waals surface area contributed by atoms with Gasteiger partial charge in [0.2, 0.25) is 0 Å². The minimum atomic E-state index is -0.932. The Morgan fingerprint density at radius 2 is 1.95 bits per heavy atom. The molecule has 0 saturated carbocycles. The molecule has 0 aliphatic heterocycles. The van der Waals surface area contributed by atoms with E-state index in [-0.39, 0.29) is 30.1 Å². The Morgan fingerprint density at radius 3 is 2.48 bits per heavy atom. The molecule has 1 aromatic carbocycles. The predicted molar refractivity (Wildman–Crippen MR) is 76.3 cm³/mol. The average Bonchev–Trinajstić information content (AvgIpc) is 2.34. The smallest absolute Gasteiger partial charge is 0.303 e. The Hall–Kier alpha value is -2.44. The van der Waals surface area contributed by atoms with Gasteiger partial charge in [-0.05, 0) is 31.4 Å². The number of hydrogen-bond acceptors (Lipinski definition) is 4. The summed E-state index contributed by atoms with van der Waals surface area (Å²) in [6.45, 7) is 5.22. The van der Waals surface area contributed by atoms with Crippen molar-refractivity contribution in [2.24, 2.45) is 5.92 Å². The number of hydrogen-bond donors (Lipinski definition) is 2. The van der Waals surface area contributed by atoms with Crippen molar-refractivity contribution in [1.82, 2.24) is 5.32 Å². The Kier molecular flexibility index (Phi) is 5.40. The molecule has 0 spiro atoms. The summed E-state index contributed by atoms with van der Waals surface area (Å²) < 4.78 is 0. The van der Waals surface area contributed by atoms with E-state index >= 15 is 0 Å². The number of carbonyl (C=O) groups is 2. The number of nitrogens with zero attached hydrogens (tertiary/aromatic N) is 1. The highest BCUT2D eigenvalue weighted by Gasteiger charge is 2.18. The fraction of sp³-hybridized carbons (Fsp3) is 0.429. The third-order valence-corrected chi connectivity index (χ3v) is 3.12. The van der Waals surface area contributed by atoms with Crippen LogP contribution in [0.3, 0.4) is 0 Å². The van der Waals surface area contributed by atoms with Crippen LogP contribution in [0.4, 0.5) is 5.69 Å². The number of nitro benzene ring substituents is 1. The van der Waals surface area contributed by atoms with Crippen LogP contribution < -0.4 is 5.32 Å². The van der Waals surface area contributed by atoms with Gasteiger partial charge < -0.3 is 10.4 Å². The van der Waals surface area contributed by atoms with Crippen molar-refractivity contribution < 1.29 is 19.6 Å². The summed E-state index contributed by atoms with van der Waals surface area (Å²) in [6, 6.07) is 2.84. The molecule has 1 rings (SSSR count). The normalized spacial score (nSPS) is 11.8. The van der Waals surface area contributed by atoms with Crippen molar-refractivity contribution in [3.8, 4) is 0 Å². The summed E-state index contributed by atoms with van der Waals surface area (Å²) in [5.41, 5.74) is 1.26. The third-order valence-electron chi connectivity index (χ3n) is 3.12. The second-order valence-corrected chi connectivity index (χ2v) is 5.12. The molecule has 114 valence electrons. The lowest BCUT2D eigenvalue weighted by atomic mass is 10.0. The summed E-state index contributed by atoms with van der Waals surface area (Å²) in [5, 5.41) is 22.2. The van der Waals surface area contributed by atoms with Gasteiger partial charge in [-0.1, -0.05) is 6.92 Å². The number of benzene rings is 1. The van der Waals surface area contributed by atoms with Gasteiger partial charge in [-0.2, -0.15) is 0 Å². The first-order valence-corrected chi connectivity index (χ1v) is 6.48. The van der Waals surface area contributed by atoms with Crippen molar-refractivity contribution in [3.05, 3.63) is 38.9 Å². The first-order chi connectivity index (χ1) is 9.72. The van der Waals surface area contributed by atoms with E-state index in [4.69, 9.17) is 5.11 Å². The summed E-state index contributed by atoms with van der Waals surface area (Å²) >= 11 is 0. The number of nitrogens with one attached hydrogen (secondary N) is 1. The molecule has 0 radical (unpaired) electrons. The van der Waals surface area contributed by atoms with Crippen LogP contribution in [0.2, 0.25) is 0 Å². The van der Waals surface area contributed by atoms with E-state index in [0.29, 0.717) is 11.1 Å². The SMILES string of the molecule is Cc1cc(C)c([N+](=O)[O-])cc1C(=O)NCC(C)CC(=O)O. The van der Waals surface area contributed by atoms with Gasteiger partial charge in [0.15, 0.2) is 0 Å². The van der Waals surface area contributed by atoms with Gasteiger partial charge >= 0.3 is 5.97 Å². The number of carboxylic acids is 1. The summed E-state index contributed by atoms with van der Waals surface area (Å²) in [5.74, 6) is -1.58. The van der Waals surface area contributed by atoms with Crippen LogP contribution in [0.25, 0.3) is 0 Å². The Labute approximate surface area is 122 Å². The zero-order valence-corrected chi connectivity index (χ0v) is 12.2. The van der Waals surface area contributed by atoms with Gasteiger partial charge in [0.05, 0.1) is 4.92 Å². The maximum absolute atomic E-state index is 12.1. The van der Waals surface area contributed by atoms with Crippen LogP contribution in [0.5, 0.6) is 0 Å². The van der Waals surface area contributed by atoms with Gasteiger partial charge in [0.1, 0.15) is 0 Å². The van der Waals surface area contributed by atoms with Gasteiger partial charge in [-0.25, -0.2) is 0 Å². The molecule has 0 bridgehead atoms. The molecule has 0 saturated heterocycles. The molecule has 1 aromatic rings. The molecule has 0 aliphatic carbocycles. The summed E-state index contributed by atoms with van der Waals surface area (Å²) in [6.07, 6.45) is -0.0483. The monoisotopic (exact) mass is 294 g/mol. The van der Waals surface area contributed by atoms with Crippen molar-refractivity contribution >= 4 is 17.6 Å². The number of nitro groups is 1. The maximum Gasteiger partial charge on any atom is 0.303 e. The van der Waals surface area contributed by atoms with Crippen LogP contribution in [0.1, 0.15) is 34.8 Å². The lowest BCUT2D eigenvalue weighted by molar-refractivity contribution is -0.385. The van der Waals surface area contributed by atoms with Crippen molar-refractivity contribution in [2.45, 2.75) is 27.2 Å².